The van der Waals surface area contributed by atoms with Crippen LogP contribution in [-0.2, 0) is 15.7 Å². The lowest BCUT2D eigenvalue weighted by atomic mass is 10.1. The van der Waals surface area contributed by atoms with Crippen LogP contribution in [-0.4, -0.2) is 50.7 Å². The number of ether oxygens (including phenoxy) is 3. The van der Waals surface area contributed by atoms with Crippen LogP contribution in [0.1, 0.15) is 55.8 Å². The molecule has 0 fully saturated rings. The fraction of sp³-hybridized carbons (Fsp3) is 0.250. The van der Waals surface area contributed by atoms with E-state index in [0.717, 1.165) is 6.07 Å². The first-order valence-corrected chi connectivity index (χ1v) is 12.0. The molecule has 0 bridgehead atoms. The summed E-state index contributed by atoms with van der Waals surface area (Å²) < 4.78 is 57.2. The van der Waals surface area contributed by atoms with Gasteiger partial charge in [-0.15, -0.1) is 5.10 Å². The van der Waals surface area contributed by atoms with Crippen molar-refractivity contribution < 1.29 is 41.8 Å². The third-order valence-corrected chi connectivity index (χ3v) is 6.24. The Hall–Kier alpha value is -4.33. The highest BCUT2D eigenvalue weighted by atomic mass is 32.1. The van der Waals surface area contributed by atoms with Crippen molar-refractivity contribution in [1.82, 2.24) is 19.6 Å². The first-order chi connectivity index (χ1) is 18.0. The summed E-state index contributed by atoms with van der Waals surface area (Å²) in [6, 6.07) is 8.90. The molecular weight excluding hydrogens is 529 g/mol. The van der Waals surface area contributed by atoms with Crippen LogP contribution >= 0.6 is 11.3 Å². The number of halogens is 3. The van der Waals surface area contributed by atoms with Gasteiger partial charge < -0.3 is 14.2 Å². The van der Waals surface area contributed by atoms with Gasteiger partial charge in [0.05, 0.1) is 18.9 Å². The molecule has 0 unspecified atom stereocenters. The first-order valence-electron chi connectivity index (χ1n) is 11.1. The highest BCUT2D eigenvalue weighted by Gasteiger charge is 2.37. The molecule has 0 saturated heterocycles. The van der Waals surface area contributed by atoms with E-state index in [4.69, 9.17) is 14.2 Å². The molecule has 0 aliphatic heterocycles. The van der Waals surface area contributed by atoms with E-state index in [2.05, 4.69) is 15.1 Å². The van der Waals surface area contributed by atoms with E-state index >= 15 is 0 Å². The number of hydrogen-bond acceptors (Lipinski definition) is 10. The molecule has 0 aliphatic carbocycles. The molecule has 1 aromatic carbocycles. The molecule has 4 rings (SSSR count). The fourth-order valence-corrected chi connectivity index (χ4v) is 4.47. The number of esters is 3. The van der Waals surface area contributed by atoms with E-state index in [1.54, 1.807) is 44.2 Å². The molecule has 0 saturated carbocycles. The van der Waals surface area contributed by atoms with Gasteiger partial charge in [0.1, 0.15) is 10.4 Å². The Morgan fingerprint density at radius 1 is 0.974 bits per heavy atom. The standard InChI is InChI=1S/C24H19F3N4O6S/c1-4-35-19(32)16-12(3)17(20(33)36-5-2)38-22(16)37-21(34)18-29-23-28-14(13-9-7-6-8-10-13)11-15(24(25,26)27)31(23)30-18/h6-11H,4-5H2,1-3H3. The molecule has 3 heterocycles. The van der Waals surface area contributed by atoms with Crippen molar-refractivity contribution in [2.45, 2.75) is 26.9 Å². The number of benzene rings is 1. The second-order valence-electron chi connectivity index (χ2n) is 7.59. The molecule has 0 amide bonds. The smallest absolute Gasteiger partial charge is 0.433 e. The summed E-state index contributed by atoms with van der Waals surface area (Å²) in [4.78, 5) is 45.7. The molecule has 14 heteroatoms. The maximum Gasteiger partial charge on any atom is 0.433 e. The minimum Gasteiger partial charge on any atom is -0.462 e. The quantitative estimate of drug-likeness (QED) is 0.301. The van der Waals surface area contributed by atoms with E-state index in [9.17, 15) is 27.6 Å². The minimum atomic E-state index is -4.85. The van der Waals surface area contributed by atoms with Gasteiger partial charge in [-0.25, -0.2) is 19.4 Å². The molecule has 198 valence electrons. The summed E-state index contributed by atoms with van der Waals surface area (Å²) in [6.45, 7) is 4.66. The molecule has 0 atom stereocenters. The van der Waals surface area contributed by atoms with Gasteiger partial charge in [-0.1, -0.05) is 41.7 Å². The zero-order valence-corrected chi connectivity index (χ0v) is 21.0. The van der Waals surface area contributed by atoms with Crippen molar-refractivity contribution in [2.24, 2.45) is 0 Å². The summed E-state index contributed by atoms with van der Waals surface area (Å²) in [5.74, 6) is -4.12. The average Bonchev–Trinajstić information content (AvgIpc) is 3.44. The Morgan fingerprint density at radius 3 is 2.26 bits per heavy atom. The summed E-state index contributed by atoms with van der Waals surface area (Å²) in [5, 5.41) is 3.34. The second kappa shape index (κ2) is 10.6. The average molecular weight is 548 g/mol. The van der Waals surface area contributed by atoms with Crippen LogP contribution in [0.5, 0.6) is 5.06 Å². The molecule has 0 spiro atoms. The zero-order chi connectivity index (χ0) is 27.6. The third kappa shape index (κ3) is 5.20. The van der Waals surface area contributed by atoms with Crippen molar-refractivity contribution in [2.75, 3.05) is 13.2 Å². The monoisotopic (exact) mass is 548 g/mol. The zero-order valence-electron chi connectivity index (χ0n) is 20.2. The van der Waals surface area contributed by atoms with Crippen LogP contribution in [0.15, 0.2) is 36.4 Å². The van der Waals surface area contributed by atoms with E-state index in [1.165, 1.54) is 6.92 Å². The van der Waals surface area contributed by atoms with E-state index in [1.807, 2.05) is 0 Å². The Labute approximate surface area is 217 Å². The first kappa shape index (κ1) is 26.7. The number of carbonyl (C=O) groups excluding carboxylic acids is 3. The Balaban J connectivity index is 1.76. The lowest BCUT2D eigenvalue weighted by molar-refractivity contribution is -0.142. The maximum absolute atomic E-state index is 13.8. The number of thiophene rings is 1. The van der Waals surface area contributed by atoms with Crippen molar-refractivity contribution in [1.29, 1.82) is 0 Å². The molecule has 0 aliphatic rings. The highest BCUT2D eigenvalue weighted by Crippen LogP contribution is 2.37. The molecule has 3 aromatic heterocycles. The Morgan fingerprint density at radius 2 is 1.63 bits per heavy atom. The van der Waals surface area contributed by atoms with Crippen molar-refractivity contribution in [3.8, 4) is 16.3 Å². The van der Waals surface area contributed by atoms with Gasteiger partial charge >= 0.3 is 24.1 Å². The predicted octanol–water partition coefficient (Wildman–Crippen LogP) is 4.75. The molecule has 0 radical (unpaired) electrons. The van der Waals surface area contributed by atoms with Gasteiger partial charge in [0.2, 0.25) is 5.06 Å². The normalized spacial score (nSPS) is 11.4. The molecule has 4 aromatic rings. The van der Waals surface area contributed by atoms with Crippen LogP contribution in [0.3, 0.4) is 0 Å². The number of fused-ring (bicyclic) bond motifs is 1. The van der Waals surface area contributed by atoms with Crippen molar-refractivity contribution in [3.05, 3.63) is 63.9 Å². The SMILES string of the molecule is CCOC(=O)c1sc(OC(=O)c2nc3nc(-c4ccccc4)cc(C(F)(F)F)n3n2)c(C(=O)OCC)c1C. The fourth-order valence-electron chi connectivity index (χ4n) is 3.43. The molecular formula is C24H19F3N4O6S. The maximum atomic E-state index is 13.8. The highest BCUT2D eigenvalue weighted by molar-refractivity contribution is 7.16. The third-order valence-electron chi connectivity index (χ3n) is 5.09. The van der Waals surface area contributed by atoms with Crippen molar-refractivity contribution in [3.63, 3.8) is 0 Å². The number of aromatic nitrogens is 4. The number of carbonyl (C=O) groups is 3. The topological polar surface area (TPSA) is 122 Å². The second-order valence-corrected chi connectivity index (χ2v) is 8.57. The number of rotatable bonds is 7. The van der Waals surface area contributed by atoms with E-state index in [-0.39, 0.29) is 40.0 Å². The number of hydrogen-bond donors (Lipinski definition) is 0. The predicted molar refractivity (Wildman–Crippen MR) is 127 cm³/mol. The van der Waals surface area contributed by atoms with E-state index in [0.29, 0.717) is 21.4 Å². The lowest BCUT2D eigenvalue weighted by Crippen LogP contribution is -2.15. The summed E-state index contributed by atoms with van der Waals surface area (Å²) in [7, 11) is 0. The summed E-state index contributed by atoms with van der Waals surface area (Å²) in [5.41, 5.74) is -0.886. The van der Waals surface area contributed by atoms with Crippen LogP contribution < -0.4 is 4.74 Å². The van der Waals surface area contributed by atoms with Crippen LogP contribution in [0.4, 0.5) is 13.2 Å². The number of nitrogens with zero attached hydrogens (tertiary/aromatic N) is 4. The lowest BCUT2D eigenvalue weighted by Gasteiger charge is -2.10. The van der Waals surface area contributed by atoms with Crippen molar-refractivity contribution >= 4 is 35.0 Å². The summed E-state index contributed by atoms with van der Waals surface area (Å²) in [6.07, 6.45) is -4.85. The van der Waals surface area contributed by atoms with Gasteiger partial charge in [0.25, 0.3) is 11.6 Å². The van der Waals surface area contributed by atoms with Gasteiger partial charge in [0.15, 0.2) is 5.69 Å². The Bertz CT molecular complexity index is 1530. The van der Waals surface area contributed by atoms with Gasteiger partial charge in [-0.05, 0) is 32.4 Å². The largest absolute Gasteiger partial charge is 0.462 e. The van der Waals surface area contributed by atoms with Crippen LogP contribution in [0.2, 0.25) is 0 Å². The van der Waals surface area contributed by atoms with Gasteiger partial charge in [-0.2, -0.15) is 22.7 Å². The van der Waals surface area contributed by atoms with Gasteiger partial charge in [0, 0.05) is 5.56 Å². The van der Waals surface area contributed by atoms with Crippen LogP contribution in [0, 0.1) is 6.92 Å². The Kier molecular flexibility index (Phi) is 7.44. The molecule has 38 heavy (non-hydrogen) atoms. The van der Waals surface area contributed by atoms with E-state index < -0.39 is 41.4 Å². The van der Waals surface area contributed by atoms with Crippen LogP contribution in [0.25, 0.3) is 17.0 Å². The summed E-state index contributed by atoms with van der Waals surface area (Å²) >= 11 is 0.649. The molecule has 10 nitrogen and oxygen atoms in total. The van der Waals surface area contributed by atoms with Gasteiger partial charge in [-0.3, -0.25) is 0 Å². The molecule has 0 N–H and O–H groups in total. The number of alkyl halides is 3. The minimum absolute atomic E-state index is 0.000125.